The molecule has 4 nitrogen and oxygen atoms in total. The Balaban J connectivity index is 1.61. The van der Waals surface area contributed by atoms with Gasteiger partial charge in [-0.1, -0.05) is 42.4 Å². The number of nitrogens with one attached hydrogen (secondary N) is 1. The van der Waals surface area contributed by atoms with Crippen LogP contribution in [0.15, 0.2) is 53.6 Å². The molecule has 0 fully saturated rings. The maximum absolute atomic E-state index is 12.2. The second-order valence-electron chi connectivity index (χ2n) is 6.42. The first-order chi connectivity index (χ1) is 13.1. The quantitative estimate of drug-likeness (QED) is 0.612. The minimum absolute atomic E-state index is 0.00340. The molecule has 0 radical (unpaired) electrons. The summed E-state index contributed by atoms with van der Waals surface area (Å²) < 4.78 is 5.14. The van der Waals surface area contributed by atoms with E-state index in [0.717, 1.165) is 33.7 Å². The summed E-state index contributed by atoms with van der Waals surface area (Å²) in [4.78, 5) is 17.0. The molecule has 27 heavy (non-hydrogen) atoms. The van der Waals surface area contributed by atoms with Gasteiger partial charge in [0.2, 0.25) is 5.91 Å². The van der Waals surface area contributed by atoms with Crippen molar-refractivity contribution in [2.24, 2.45) is 0 Å². The highest BCUT2D eigenvalue weighted by atomic mass is 32.2. The van der Waals surface area contributed by atoms with Crippen molar-refractivity contribution in [3.63, 3.8) is 0 Å². The molecule has 5 heteroatoms. The first-order valence-corrected chi connectivity index (χ1v) is 10.0. The summed E-state index contributed by atoms with van der Waals surface area (Å²) >= 11 is 1.50. The Morgan fingerprint density at radius 1 is 1.15 bits per heavy atom. The maximum Gasteiger partial charge on any atom is 0.230 e. The van der Waals surface area contributed by atoms with Crippen molar-refractivity contribution in [3.05, 3.63) is 65.2 Å². The number of ether oxygens (including phenoxy) is 1. The highest BCUT2D eigenvalue weighted by molar-refractivity contribution is 7.99. The van der Waals surface area contributed by atoms with Crippen molar-refractivity contribution in [1.29, 1.82) is 0 Å². The molecule has 0 bridgehead atoms. The van der Waals surface area contributed by atoms with E-state index < -0.39 is 0 Å². The molecular weight excluding hydrogens is 356 g/mol. The molecule has 0 aliphatic rings. The fraction of sp³-hybridized carbons (Fsp3) is 0.273. The fourth-order valence-corrected chi connectivity index (χ4v) is 3.75. The highest BCUT2D eigenvalue weighted by Gasteiger charge is 2.10. The molecular formula is C22H24N2O2S. The lowest BCUT2D eigenvalue weighted by Gasteiger charge is -2.10. The van der Waals surface area contributed by atoms with E-state index in [-0.39, 0.29) is 5.91 Å². The number of fused-ring (bicyclic) bond motifs is 1. The Hall–Kier alpha value is -2.53. The molecule has 0 aliphatic carbocycles. The van der Waals surface area contributed by atoms with Crippen LogP contribution in [0, 0.1) is 6.92 Å². The molecule has 0 saturated carbocycles. The Morgan fingerprint density at radius 3 is 2.63 bits per heavy atom. The third-order valence-electron chi connectivity index (χ3n) is 4.38. The zero-order chi connectivity index (χ0) is 19.2. The minimum atomic E-state index is 0.00340. The van der Waals surface area contributed by atoms with E-state index in [1.807, 2.05) is 30.3 Å². The van der Waals surface area contributed by atoms with E-state index in [0.29, 0.717) is 12.3 Å². The van der Waals surface area contributed by atoms with Crippen molar-refractivity contribution in [2.45, 2.75) is 31.8 Å². The molecule has 1 N–H and O–H groups in total. The van der Waals surface area contributed by atoms with E-state index in [1.165, 1.54) is 22.9 Å². The number of hydrogen-bond acceptors (Lipinski definition) is 4. The van der Waals surface area contributed by atoms with Gasteiger partial charge in [0.25, 0.3) is 0 Å². The molecule has 140 valence electrons. The molecule has 0 spiro atoms. The lowest BCUT2D eigenvalue weighted by Crippen LogP contribution is -2.24. The lowest BCUT2D eigenvalue weighted by atomic mass is 10.1. The molecule has 3 aromatic rings. The number of carbonyl (C=O) groups excluding carboxylic acids is 1. The van der Waals surface area contributed by atoms with Crippen LogP contribution in [-0.2, 0) is 17.8 Å². The molecule has 1 amide bonds. The maximum atomic E-state index is 12.2. The monoisotopic (exact) mass is 380 g/mol. The number of methoxy groups -OCH3 is 1. The molecule has 0 atom stereocenters. The molecule has 2 aromatic carbocycles. The Kier molecular flexibility index (Phi) is 6.35. The second kappa shape index (κ2) is 8.91. The average molecular weight is 381 g/mol. The number of benzene rings is 2. The molecule has 0 aliphatic heterocycles. The zero-order valence-electron chi connectivity index (χ0n) is 15.9. The average Bonchev–Trinajstić information content (AvgIpc) is 2.70. The van der Waals surface area contributed by atoms with E-state index in [2.05, 4.69) is 37.4 Å². The number of rotatable bonds is 7. The van der Waals surface area contributed by atoms with Gasteiger partial charge in [0.15, 0.2) is 0 Å². The number of hydrogen-bond donors (Lipinski definition) is 1. The summed E-state index contributed by atoms with van der Waals surface area (Å²) in [6.45, 7) is 4.71. The van der Waals surface area contributed by atoms with Crippen LogP contribution in [0.1, 0.15) is 23.6 Å². The summed E-state index contributed by atoms with van der Waals surface area (Å²) in [6.07, 6.45) is 0.896. The van der Waals surface area contributed by atoms with Crippen LogP contribution in [0.4, 0.5) is 0 Å². The molecule has 0 saturated heterocycles. The number of nitrogens with zero attached hydrogens (tertiary/aromatic N) is 1. The lowest BCUT2D eigenvalue weighted by molar-refractivity contribution is -0.118. The number of amides is 1. The molecule has 0 unspecified atom stereocenters. The number of thioether (sulfide) groups is 1. The number of carbonyl (C=O) groups is 1. The van der Waals surface area contributed by atoms with Crippen molar-refractivity contribution < 1.29 is 9.53 Å². The number of aromatic nitrogens is 1. The highest BCUT2D eigenvalue weighted by Crippen LogP contribution is 2.26. The third kappa shape index (κ3) is 5.01. The molecule has 1 aromatic heterocycles. The van der Waals surface area contributed by atoms with Crippen molar-refractivity contribution in [3.8, 4) is 5.75 Å². The first-order valence-electron chi connectivity index (χ1n) is 9.01. The zero-order valence-corrected chi connectivity index (χ0v) is 16.7. The van der Waals surface area contributed by atoms with Crippen LogP contribution in [0.5, 0.6) is 5.75 Å². The van der Waals surface area contributed by atoms with Crippen molar-refractivity contribution in [2.75, 3.05) is 12.9 Å². The molecule has 3 rings (SSSR count). The summed E-state index contributed by atoms with van der Waals surface area (Å²) in [5.74, 6) is 1.17. The molecule has 1 heterocycles. The van der Waals surface area contributed by atoms with Gasteiger partial charge in [-0.25, -0.2) is 4.98 Å². The van der Waals surface area contributed by atoms with E-state index in [9.17, 15) is 4.79 Å². The van der Waals surface area contributed by atoms with Gasteiger partial charge in [-0.3, -0.25) is 4.79 Å². The standard InChI is InChI=1S/C22H24N2O2S/c1-4-17-12-18-11-15(2)5-10-20(18)24-22(17)27-14-21(25)23-13-16-6-8-19(26-3)9-7-16/h5-12H,4,13-14H2,1-3H3,(H,23,25). The van der Waals surface area contributed by atoms with Gasteiger partial charge < -0.3 is 10.1 Å². The van der Waals surface area contributed by atoms with Crippen LogP contribution in [0.2, 0.25) is 0 Å². The van der Waals surface area contributed by atoms with Crippen LogP contribution in [-0.4, -0.2) is 23.8 Å². The smallest absolute Gasteiger partial charge is 0.230 e. The Bertz CT molecular complexity index is 939. The predicted molar refractivity (Wildman–Crippen MR) is 111 cm³/mol. The number of pyridine rings is 1. The van der Waals surface area contributed by atoms with Gasteiger partial charge in [0, 0.05) is 11.9 Å². The van der Waals surface area contributed by atoms with Gasteiger partial charge in [-0.2, -0.15) is 0 Å². The van der Waals surface area contributed by atoms with Crippen LogP contribution in [0.3, 0.4) is 0 Å². The van der Waals surface area contributed by atoms with Gasteiger partial charge >= 0.3 is 0 Å². The normalized spacial score (nSPS) is 10.8. The van der Waals surface area contributed by atoms with Gasteiger partial charge in [0.05, 0.1) is 18.4 Å². The van der Waals surface area contributed by atoms with Crippen LogP contribution < -0.4 is 10.1 Å². The van der Waals surface area contributed by atoms with Gasteiger partial charge in [0.1, 0.15) is 10.8 Å². The van der Waals surface area contributed by atoms with E-state index in [1.54, 1.807) is 7.11 Å². The largest absolute Gasteiger partial charge is 0.497 e. The van der Waals surface area contributed by atoms with E-state index >= 15 is 0 Å². The Labute approximate surface area is 164 Å². The first kappa shape index (κ1) is 19.2. The summed E-state index contributed by atoms with van der Waals surface area (Å²) in [5.41, 5.74) is 4.42. The topological polar surface area (TPSA) is 51.2 Å². The van der Waals surface area contributed by atoms with Crippen molar-refractivity contribution in [1.82, 2.24) is 10.3 Å². The summed E-state index contributed by atoms with van der Waals surface area (Å²) in [6, 6.07) is 16.1. The van der Waals surface area contributed by atoms with Crippen LogP contribution >= 0.6 is 11.8 Å². The summed E-state index contributed by atoms with van der Waals surface area (Å²) in [7, 11) is 1.64. The SMILES string of the molecule is CCc1cc2cc(C)ccc2nc1SCC(=O)NCc1ccc(OC)cc1. The summed E-state index contributed by atoms with van der Waals surface area (Å²) in [5, 5.41) is 5.05. The van der Waals surface area contributed by atoms with Gasteiger partial charge in [-0.15, -0.1) is 0 Å². The Morgan fingerprint density at radius 2 is 1.93 bits per heavy atom. The third-order valence-corrected chi connectivity index (χ3v) is 5.41. The van der Waals surface area contributed by atoms with E-state index in [4.69, 9.17) is 9.72 Å². The van der Waals surface area contributed by atoms with Gasteiger partial charge in [-0.05, 0) is 54.8 Å². The second-order valence-corrected chi connectivity index (χ2v) is 7.38. The van der Waals surface area contributed by atoms with Crippen molar-refractivity contribution >= 4 is 28.6 Å². The number of aryl methyl sites for hydroxylation is 2. The fourth-order valence-electron chi connectivity index (χ4n) is 2.83. The predicted octanol–water partition coefficient (Wildman–Crippen LogP) is 4.52. The minimum Gasteiger partial charge on any atom is -0.497 e. The van der Waals surface area contributed by atoms with Crippen LogP contribution in [0.25, 0.3) is 10.9 Å².